The molecule has 2 N–H and O–H groups in total. The van der Waals surface area contributed by atoms with Crippen LogP contribution in [0.15, 0.2) is 34.2 Å². The van der Waals surface area contributed by atoms with E-state index in [0.717, 1.165) is 16.8 Å². The fraction of sp³-hybridized carbons (Fsp3) is 0.182. The quantitative estimate of drug-likeness (QED) is 0.946. The maximum Gasteiger partial charge on any atom is 0.151 e. The molecule has 3 nitrogen and oxygen atoms in total. The van der Waals surface area contributed by atoms with Crippen LogP contribution in [0.2, 0.25) is 0 Å². The van der Waals surface area contributed by atoms with Crippen molar-refractivity contribution in [2.45, 2.75) is 6.54 Å². The highest BCUT2D eigenvalue weighted by Gasteiger charge is 2.08. The van der Waals surface area contributed by atoms with E-state index in [1.54, 1.807) is 17.5 Å². The third-order valence-corrected chi connectivity index (χ3v) is 3.49. The standard InChI is InChI=1S/C11H12BrN3S/c1-15(7-9-3-2-4-16-9)11-10(13)5-8(12)6-14-11/h2-6H,7,13H2,1H3. The molecule has 0 saturated heterocycles. The minimum Gasteiger partial charge on any atom is -0.396 e. The lowest BCUT2D eigenvalue weighted by atomic mass is 10.3. The van der Waals surface area contributed by atoms with Gasteiger partial charge in [0.1, 0.15) is 0 Å². The number of nitrogens with zero attached hydrogens (tertiary/aromatic N) is 2. The molecule has 0 bridgehead atoms. The summed E-state index contributed by atoms with van der Waals surface area (Å²) in [7, 11) is 1.99. The molecule has 0 radical (unpaired) electrons. The molecule has 0 atom stereocenters. The van der Waals surface area contributed by atoms with Gasteiger partial charge in [-0.3, -0.25) is 0 Å². The predicted molar refractivity (Wildman–Crippen MR) is 72.8 cm³/mol. The molecule has 0 unspecified atom stereocenters. The average Bonchev–Trinajstić information content (AvgIpc) is 2.70. The maximum atomic E-state index is 5.92. The number of halogens is 1. The molecule has 84 valence electrons. The fourth-order valence-electron chi connectivity index (χ4n) is 1.48. The fourth-order valence-corrected chi connectivity index (χ4v) is 2.58. The van der Waals surface area contributed by atoms with Crippen LogP contribution in [0.3, 0.4) is 0 Å². The number of hydrogen-bond donors (Lipinski definition) is 1. The zero-order chi connectivity index (χ0) is 11.5. The molecule has 0 aliphatic rings. The number of nitrogen functional groups attached to an aromatic ring is 1. The van der Waals surface area contributed by atoms with E-state index in [1.807, 2.05) is 24.1 Å². The van der Waals surface area contributed by atoms with Crippen molar-refractivity contribution in [3.8, 4) is 0 Å². The second-order valence-corrected chi connectivity index (χ2v) is 5.45. The SMILES string of the molecule is CN(Cc1cccs1)c1ncc(Br)cc1N. The van der Waals surface area contributed by atoms with Gasteiger partial charge < -0.3 is 10.6 Å². The van der Waals surface area contributed by atoms with Gasteiger partial charge in [-0.15, -0.1) is 11.3 Å². The molecule has 0 aromatic carbocycles. The molecule has 0 aliphatic heterocycles. The first-order valence-corrected chi connectivity index (χ1v) is 6.48. The number of hydrogen-bond acceptors (Lipinski definition) is 4. The zero-order valence-electron chi connectivity index (χ0n) is 8.85. The lowest BCUT2D eigenvalue weighted by molar-refractivity contribution is 0.914. The van der Waals surface area contributed by atoms with Crippen LogP contribution in [0.5, 0.6) is 0 Å². The number of pyridine rings is 1. The third-order valence-electron chi connectivity index (χ3n) is 2.20. The lowest BCUT2D eigenvalue weighted by Gasteiger charge is -2.18. The van der Waals surface area contributed by atoms with Crippen LogP contribution in [0, 0.1) is 0 Å². The Balaban J connectivity index is 2.17. The molecular weight excluding hydrogens is 286 g/mol. The molecule has 5 heteroatoms. The van der Waals surface area contributed by atoms with Gasteiger partial charge in [0.15, 0.2) is 5.82 Å². The highest BCUT2D eigenvalue weighted by atomic mass is 79.9. The van der Waals surface area contributed by atoms with Crippen molar-refractivity contribution in [2.24, 2.45) is 0 Å². The minimum atomic E-state index is 0.688. The summed E-state index contributed by atoms with van der Waals surface area (Å²) >= 11 is 5.08. The summed E-state index contributed by atoms with van der Waals surface area (Å²) in [6.07, 6.45) is 1.76. The Morgan fingerprint density at radius 1 is 1.56 bits per heavy atom. The Morgan fingerprint density at radius 3 is 3.00 bits per heavy atom. The number of rotatable bonds is 3. The second kappa shape index (κ2) is 4.84. The first-order valence-electron chi connectivity index (χ1n) is 4.81. The lowest BCUT2D eigenvalue weighted by Crippen LogP contribution is -2.18. The predicted octanol–water partition coefficient (Wildman–Crippen LogP) is 3.12. The van der Waals surface area contributed by atoms with Crippen molar-refractivity contribution in [3.63, 3.8) is 0 Å². The van der Waals surface area contributed by atoms with Gasteiger partial charge in [-0.25, -0.2) is 4.98 Å². The Morgan fingerprint density at radius 2 is 2.38 bits per heavy atom. The molecule has 2 rings (SSSR count). The summed E-state index contributed by atoms with van der Waals surface area (Å²) < 4.78 is 0.901. The Kier molecular flexibility index (Phi) is 3.46. The largest absolute Gasteiger partial charge is 0.396 e. The molecule has 0 amide bonds. The summed E-state index contributed by atoms with van der Waals surface area (Å²) in [6.45, 7) is 0.830. The van der Waals surface area contributed by atoms with Crippen LogP contribution in [0.1, 0.15) is 4.88 Å². The van der Waals surface area contributed by atoms with Crippen LogP contribution < -0.4 is 10.6 Å². The molecular formula is C11H12BrN3S. The van der Waals surface area contributed by atoms with Crippen LogP contribution in [0.25, 0.3) is 0 Å². The Bertz CT molecular complexity index is 470. The molecule has 2 aromatic heterocycles. The normalized spacial score (nSPS) is 10.4. The van der Waals surface area contributed by atoms with E-state index in [1.165, 1.54) is 4.88 Å². The molecule has 0 fully saturated rings. The van der Waals surface area contributed by atoms with E-state index in [-0.39, 0.29) is 0 Å². The second-order valence-electron chi connectivity index (χ2n) is 3.50. The molecule has 2 aromatic rings. The number of aromatic nitrogens is 1. The van der Waals surface area contributed by atoms with Gasteiger partial charge >= 0.3 is 0 Å². The number of nitrogens with two attached hydrogens (primary N) is 1. The molecule has 16 heavy (non-hydrogen) atoms. The number of thiophene rings is 1. The average molecular weight is 298 g/mol. The van der Waals surface area contributed by atoms with Crippen LogP contribution in [-0.2, 0) is 6.54 Å². The first kappa shape index (κ1) is 11.4. The summed E-state index contributed by atoms with van der Waals surface area (Å²) in [4.78, 5) is 7.66. The van der Waals surface area contributed by atoms with Gasteiger partial charge in [0.2, 0.25) is 0 Å². The van der Waals surface area contributed by atoms with Crippen molar-refractivity contribution < 1.29 is 0 Å². The van der Waals surface area contributed by atoms with Gasteiger partial charge in [-0.1, -0.05) is 6.07 Å². The molecule has 0 aliphatic carbocycles. The molecule has 2 heterocycles. The van der Waals surface area contributed by atoms with E-state index in [0.29, 0.717) is 5.69 Å². The van der Waals surface area contributed by atoms with Gasteiger partial charge in [-0.2, -0.15) is 0 Å². The highest BCUT2D eigenvalue weighted by molar-refractivity contribution is 9.10. The van der Waals surface area contributed by atoms with E-state index in [4.69, 9.17) is 5.73 Å². The number of anilines is 2. The van der Waals surface area contributed by atoms with Gasteiger partial charge in [0.05, 0.1) is 12.2 Å². The van der Waals surface area contributed by atoms with Gasteiger partial charge in [0.25, 0.3) is 0 Å². The minimum absolute atomic E-state index is 0.688. The van der Waals surface area contributed by atoms with Crippen molar-refractivity contribution in [1.29, 1.82) is 0 Å². The smallest absolute Gasteiger partial charge is 0.151 e. The van der Waals surface area contributed by atoms with Crippen molar-refractivity contribution in [3.05, 3.63) is 39.1 Å². The highest BCUT2D eigenvalue weighted by Crippen LogP contribution is 2.24. The van der Waals surface area contributed by atoms with Gasteiger partial charge in [0, 0.05) is 22.6 Å². The summed E-state index contributed by atoms with van der Waals surface area (Å²) in [6, 6.07) is 6.02. The van der Waals surface area contributed by atoms with E-state index in [9.17, 15) is 0 Å². The molecule has 0 saturated carbocycles. The summed E-state index contributed by atoms with van der Waals surface area (Å²) in [5, 5.41) is 2.07. The zero-order valence-corrected chi connectivity index (χ0v) is 11.3. The van der Waals surface area contributed by atoms with E-state index >= 15 is 0 Å². The van der Waals surface area contributed by atoms with Gasteiger partial charge in [-0.05, 0) is 33.4 Å². The maximum absolute atomic E-state index is 5.92. The van der Waals surface area contributed by atoms with Crippen LogP contribution in [0.4, 0.5) is 11.5 Å². The van der Waals surface area contributed by atoms with E-state index < -0.39 is 0 Å². The van der Waals surface area contributed by atoms with E-state index in [2.05, 4.69) is 32.4 Å². The van der Waals surface area contributed by atoms with Crippen molar-refractivity contribution in [2.75, 3.05) is 17.7 Å². The Hall–Kier alpha value is -1.07. The first-order chi connectivity index (χ1) is 7.66. The topological polar surface area (TPSA) is 42.2 Å². The Labute approximate surface area is 107 Å². The third kappa shape index (κ3) is 2.54. The molecule has 0 spiro atoms. The van der Waals surface area contributed by atoms with Crippen LogP contribution in [-0.4, -0.2) is 12.0 Å². The summed E-state index contributed by atoms with van der Waals surface area (Å²) in [5.74, 6) is 0.816. The van der Waals surface area contributed by atoms with Crippen molar-refractivity contribution >= 4 is 38.8 Å². The monoisotopic (exact) mass is 297 g/mol. The van der Waals surface area contributed by atoms with Crippen LogP contribution >= 0.6 is 27.3 Å². The summed E-state index contributed by atoms with van der Waals surface area (Å²) in [5.41, 5.74) is 6.61. The van der Waals surface area contributed by atoms with Crippen molar-refractivity contribution in [1.82, 2.24) is 4.98 Å².